The van der Waals surface area contributed by atoms with Crippen molar-refractivity contribution in [1.29, 1.82) is 0 Å². The molecule has 0 radical (unpaired) electrons. The maximum atomic E-state index is 11.2. The van der Waals surface area contributed by atoms with Crippen molar-refractivity contribution in [1.82, 2.24) is 0 Å². The number of hydrogen-bond acceptors (Lipinski definition) is 2. The molecule has 2 unspecified atom stereocenters. The van der Waals surface area contributed by atoms with Crippen molar-refractivity contribution in [3.8, 4) is 5.75 Å². The van der Waals surface area contributed by atoms with E-state index in [1.165, 1.54) is 6.92 Å². The van der Waals surface area contributed by atoms with Crippen molar-refractivity contribution in [2.24, 2.45) is 0 Å². The summed E-state index contributed by atoms with van der Waals surface area (Å²) in [6.45, 7) is 1.39. The first-order valence-corrected chi connectivity index (χ1v) is 8.51. The van der Waals surface area contributed by atoms with Gasteiger partial charge in [-0.05, 0) is 23.8 Å². The Kier molecular flexibility index (Phi) is 5.85. The van der Waals surface area contributed by atoms with E-state index < -0.39 is 0 Å². The summed E-state index contributed by atoms with van der Waals surface area (Å²) in [5.41, 5.74) is 1.99. The number of carbonyl (C=O) groups excluding carboxylic acids is 1. The van der Waals surface area contributed by atoms with E-state index in [4.69, 9.17) is 16.3 Å². The van der Waals surface area contributed by atoms with Gasteiger partial charge in [-0.15, -0.1) is 0 Å². The molecule has 110 valence electrons. The third kappa shape index (κ3) is 4.31. The number of hydrogen-bond donors (Lipinski definition) is 0. The van der Waals surface area contributed by atoms with Crippen LogP contribution in [0.3, 0.4) is 0 Å². The summed E-state index contributed by atoms with van der Waals surface area (Å²) in [5.74, 6) is 0.227. The smallest absolute Gasteiger partial charge is 0.308 e. The van der Waals surface area contributed by atoms with Gasteiger partial charge in [0.1, 0.15) is 5.75 Å². The number of ether oxygens (including phenoxy) is 1. The molecule has 2 atom stereocenters. The van der Waals surface area contributed by atoms with Crippen LogP contribution in [0.4, 0.5) is 0 Å². The van der Waals surface area contributed by atoms with Crippen LogP contribution >= 0.6 is 43.5 Å². The van der Waals surface area contributed by atoms with Crippen LogP contribution in [0, 0.1) is 0 Å². The van der Waals surface area contributed by atoms with Gasteiger partial charge in [0.25, 0.3) is 0 Å². The summed E-state index contributed by atoms with van der Waals surface area (Å²) in [7, 11) is 0. The predicted octanol–water partition coefficient (Wildman–Crippen LogP) is 5.84. The lowest BCUT2D eigenvalue weighted by Crippen LogP contribution is -2.07. The SMILES string of the molecule is CC(=O)Oc1ccccc1C(Br)C(Br)c1ccc(Cl)cc1. The van der Waals surface area contributed by atoms with Crippen molar-refractivity contribution in [2.75, 3.05) is 0 Å². The number of alkyl halides is 2. The number of para-hydroxylation sites is 1. The van der Waals surface area contributed by atoms with Crippen molar-refractivity contribution in [3.63, 3.8) is 0 Å². The Bertz CT molecular complexity index is 628. The molecule has 0 N–H and O–H groups in total. The fraction of sp³-hybridized carbons (Fsp3) is 0.188. The molecule has 0 saturated carbocycles. The Balaban J connectivity index is 2.28. The predicted molar refractivity (Wildman–Crippen MR) is 92.5 cm³/mol. The third-order valence-corrected chi connectivity index (χ3v) is 5.96. The molecule has 0 fully saturated rings. The summed E-state index contributed by atoms with van der Waals surface area (Å²) in [6, 6.07) is 15.1. The van der Waals surface area contributed by atoms with Gasteiger partial charge in [0.15, 0.2) is 0 Å². The second-order valence-corrected chi connectivity index (χ2v) is 6.90. The van der Waals surface area contributed by atoms with Crippen LogP contribution in [0.1, 0.15) is 27.7 Å². The zero-order valence-corrected chi connectivity index (χ0v) is 15.2. The standard InChI is InChI=1S/C16H13Br2ClO2/c1-10(20)21-14-5-3-2-4-13(14)16(18)15(17)11-6-8-12(19)9-7-11/h2-9,15-16H,1H3. The lowest BCUT2D eigenvalue weighted by molar-refractivity contribution is -0.131. The highest BCUT2D eigenvalue weighted by Gasteiger charge is 2.23. The average molecular weight is 433 g/mol. The molecule has 0 heterocycles. The monoisotopic (exact) mass is 430 g/mol. The van der Waals surface area contributed by atoms with E-state index in [-0.39, 0.29) is 15.6 Å². The molecule has 2 rings (SSSR count). The molecule has 21 heavy (non-hydrogen) atoms. The van der Waals surface area contributed by atoms with E-state index in [0.717, 1.165) is 11.1 Å². The molecular formula is C16H13Br2ClO2. The Morgan fingerprint density at radius 2 is 1.67 bits per heavy atom. The highest BCUT2D eigenvalue weighted by molar-refractivity contribution is 9.12. The minimum absolute atomic E-state index is 0.0199. The fourth-order valence-electron chi connectivity index (χ4n) is 1.93. The lowest BCUT2D eigenvalue weighted by Gasteiger charge is -2.20. The quantitative estimate of drug-likeness (QED) is 0.345. The molecule has 2 aromatic rings. The van der Waals surface area contributed by atoms with Crippen LogP contribution in [-0.2, 0) is 4.79 Å². The minimum Gasteiger partial charge on any atom is -0.426 e. The first kappa shape index (κ1) is 16.5. The number of benzene rings is 2. The Morgan fingerprint density at radius 1 is 1.05 bits per heavy atom. The van der Waals surface area contributed by atoms with Gasteiger partial charge < -0.3 is 4.74 Å². The summed E-state index contributed by atoms with van der Waals surface area (Å²) < 4.78 is 5.26. The van der Waals surface area contributed by atoms with E-state index in [1.54, 1.807) is 6.07 Å². The van der Waals surface area contributed by atoms with Crippen LogP contribution in [0.25, 0.3) is 0 Å². The van der Waals surface area contributed by atoms with Crippen LogP contribution in [0.5, 0.6) is 5.75 Å². The Morgan fingerprint density at radius 3 is 2.29 bits per heavy atom. The summed E-state index contributed by atoms with van der Waals surface area (Å²) in [5, 5.41) is 0.699. The minimum atomic E-state index is -0.334. The maximum Gasteiger partial charge on any atom is 0.308 e. The number of esters is 1. The van der Waals surface area contributed by atoms with Gasteiger partial charge in [0, 0.05) is 17.5 Å². The maximum absolute atomic E-state index is 11.2. The highest BCUT2D eigenvalue weighted by Crippen LogP contribution is 2.45. The molecule has 0 aliphatic heterocycles. The molecule has 0 amide bonds. The van der Waals surface area contributed by atoms with Gasteiger partial charge in [-0.3, -0.25) is 4.79 Å². The van der Waals surface area contributed by atoms with Crippen LogP contribution in [-0.4, -0.2) is 5.97 Å². The molecule has 0 saturated heterocycles. The summed E-state index contributed by atoms with van der Waals surface area (Å²) in [4.78, 5) is 11.2. The number of rotatable bonds is 4. The second-order valence-electron chi connectivity index (χ2n) is 4.49. The molecule has 0 aliphatic rings. The molecule has 5 heteroatoms. The van der Waals surface area contributed by atoms with Gasteiger partial charge in [-0.25, -0.2) is 0 Å². The van der Waals surface area contributed by atoms with Gasteiger partial charge in [-0.2, -0.15) is 0 Å². The summed E-state index contributed by atoms with van der Waals surface area (Å²) in [6.07, 6.45) is 0. The zero-order valence-electron chi connectivity index (χ0n) is 11.2. The van der Waals surface area contributed by atoms with Crippen molar-refractivity contribution < 1.29 is 9.53 Å². The van der Waals surface area contributed by atoms with Crippen molar-refractivity contribution >= 4 is 49.4 Å². The molecule has 0 aromatic heterocycles. The Hall–Kier alpha value is -0.840. The van der Waals surface area contributed by atoms with Gasteiger partial charge >= 0.3 is 5.97 Å². The average Bonchev–Trinajstić information content (AvgIpc) is 2.46. The number of carbonyl (C=O) groups is 1. The van der Waals surface area contributed by atoms with E-state index >= 15 is 0 Å². The van der Waals surface area contributed by atoms with Gasteiger partial charge in [0.05, 0.1) is 9.65 Å². The highest BCUT2D eigenvalue weighted by atomic mass is 79.9. The van der Waals surface area contributed by atoms with Gasteiger partial charge in [-0.1, -0.05) is 73.8 Å². The third-order valence-electron chi connectivity index (χ3n) is 2.92. The normalized spacial score (nSPS) is 13.5. The van der Waals surface area contributed by atoms with Crippen LogP contribution in [0.2, 0.25) is 5.02 Å². The first-order chi connectivity index (χ1) is 9.99. The summed E-state index contributed by atoms with van der Waals surface area (Å²) >= 11 is 13.3. The Labute approximate surface area is 145 Å². The fourth-order valence-corrected chi connectivity index (χ4v) is 3.33. The molecular weight excluding hydrogens is 419 g/mol. The number of halogens is 3. The van der Waals surface area contributed by atoms with Gasteiger partial charge in [0.2, 0.25) is 0 Å². The largest absolute Gasteiger partial charge is 0.426 e. The lowest BCUT2D eigenvalue weighted by atomic mass is 10.0. The van der Waals surface area contributed by atoms with Crippen LogP contribution < -0.4 is 4.74 Å². The van der Waals surface area contributed by atoms with E-state index in [9.17, 15) is 4.79 Å². The second kappa shape index (κ2) is 7.43. The van der Waals surface area contributed by atoms with Crippen LogP contribution in [0.15, 0.2) is 48.5 Å². The first-order valence-electron chi connectivity index (χ1n) is 6.30. The zero-order chi connectivity index (χ0) is 15.4. The van der Waals surface area contributed by atoms with Crippen molar-refractivity contribution in [2.45, 2.75) is 16.6 Å². The van der Waals surface area contributed by atoms with E-state index in [1.807, 2.05) is 42.5 Å². The molecule has 2 nitrogen and oxygen atoms in total. The molecule has 0 spiro atoms. The molecule has 0 bridgehead atoms. The van der Waals surface area contributed by atoms with Crippen molar-refractivity contribution in [3.05, 3.63) is 64.7 Å². The topological polar surface area (TPSA) is 26.3 Å². The van der Waals surface area contributed by atoms with E-state index in [2.05, 4.69) is 31.9 Å². The molecule has 0 aliphatic carbocycles. The van der Waals surface area contributed by atoms with E-state index in [0.29, 0.717) is 10.8 Å². The molecule has 2 aromatic carbocycles.